The minimum atomic E-state index is -0.628. The second-order valence-corrected chi connectivity index (χ2v) is 11.2. The number of anilines is 1. The lowest BCUT2D eigenvalue weighted by atomic mass is 10.0. The number of hydrogen-bond donors (Lipinski definition) is 3. The molecule has 0 fully saturated rings. The van der Waals surface area contributed by atoms with E-state index in [4.69, 9.17) is 20.9 Å². The summed E-state index contributed by atoms with van der Waals surface area (Å²) in [4.78, 5) is 50.6. The number of nitrogens with zero attached hydrogens (tertiary/aromatic N) is 1. The Morgan fingerprint density at radius 3 is 2.48 bits per heavy atom. The van der Waals surface area contributed by atoms with E-state index < -0.39 is 30.0 Å². The highest BCUT2D eigenvalue weighted by Crippen LogP contribution is 2.39. The molecular formula is C32H42N4O6. The van der Waals surface area contributed by atoms with Crippen LogP contribution in [0, 0.1) is 0 Å². The highest BCUT2D eigenvalue weighted by molar-refractivity contribution is 6.04. The number of nitrogens with two attached hydrogens (primary N) is 2. The van der Waals surface area contributed by atoms with Crippen molar-refractivity contribution in [3.05, 3.63) is 64.7 Å². The van der Waals surface area contributed by atoms with E-state index >= 15 is 0 Å². The number of rotatable bonds is 16. The van der Waals surface area contributed by atoms with Crippen molar-refractivity contribution >= 4 is 29.3 Å². The first kappa shape index (κ1) is 31.2. The second kappa shape index (κ2) is 14.9. The largest absolute Gasteiger partial charge is 0.372 e. The predicted molar refractivity (Wildman–Crippen MR) is 158 cm³/mol. The Balaban J connectivity index is 1.32. The number of amides is 4. The van der Waals surface area contributed by atoms with Gasteiger partial charge >= 0.3 is 0 Å². The average Bonchev–Trinajstić information content (AvgIpc) is 3.28. The summed E-state index contributed by atoms with van der Waals surface area (Å²) in [7, 11) is 0. The number of aryl methyl sites for hydroxylation is 2. The van der Waals surface area contributed by atoms with Gasteiger partial charge in [-0.2, -0.15) is 0 Å². The van der Waals surface area contributed by atoms with E-state index in [1.54, 1.807) is 4.90 Å². The number of nitrogens with one attached hydrogen (secondary N) is 1. The monoisotopic (exact) mass is 578 g/mol. The summed E-state index contributed by atoms with van der Waals surface area (Å²) in [5, 5.41) is 3.09. The highest BCUT2D eigenvalue weighted by atomic mass is 16.5. The molecule has 2 aliphatic heterocycles. The van der Waals surface area contributed by atoms with Crippen LogP contribution in [0.4, 0.5) is 5.69 Å². The van der Waals surface area contributed by atoms with Gasteiger partial charge in [-0.25, -0.2) is 0 Å². The Hall–Kier alpha value is -3.76. The number of hydrogen-bond acceptors (Lipinski definition) is 6. The molecule has 2 aromatic rings. The molecule has 3 atom stereocenters. The Morgan fingerprint density at radius 1 is 1.00 bits per heavy atom. The molecule has 5 N–H and O–H groups in total. The van der Waals surface area contributed by atoms with Crippen LogP contribution >= 0.6 is 0 Å². The first-order valence-electron chi connectivity index (χ1n) is 14.8. The van der Waals surface area contributed by atoms with E-state index in [0.717, 1.165) is 54.5 Å². The molecule has 226 valence electrons. The summed E-state index contributed by atoms with van der Waals surface area (Å²) >= 11 is 0. The number of carbonyl (C=O) groups is 4. The van der Waals surface area contributed by atoms with Crippen LogP contribution in [0.2, 0.25) is 0 Å². The summed E-state index contributed by atoms with van der Waals surface area (Å²) in [6.45, 7) is 2.67. The zero-order chi connectivity index (χ0) is 30.1. The Labute approximate surface area is 247 Å². The van der Waals surface area contributed by atoms with Crippen LogP contribution in [-0.4, -0.2) is 55.0 Å². The third-order valence-corrected chi connectivity index (χ3v) is 7.96. The van der Waals surface area contributed by atoms with Crippen molar-refractivity contribution in [2.75, 3.05) is 18.1 Å². The molecule has 0 unspecified atom stereocenters. The molecule has 0 aliphatic carbocycles. The van der Waals surface area contributed by atoms with Gasteiger partial charge in [-0.3, -0.25) is 24.1 Å². The van der Waals surface area contributed by atoms with Crippen LogP contribution in [-0.2, 0) is 54.5 Å². The molecule has 4 amide bonds. The fourth-order valence-corrected chi connectivity index (χ4v) is 5.69. The van der Waals surface area contributed by atoms with E-state index in [1.807, 2.05) is 37.3 Å². The molecule has 0 bridgehead atoms. The topological polar surface area (TPSA) is 154 Å². The molecule has 0 saturated carbocycles. The first-order chi connectivity index (χ1) is 20.2. The number of carbonyl (C=O) groups excluding carboxylic acids is 4. The van der Waals surface area contributed by atoms with E-state index in [-0.39, 0.29) is 24.8 Å². The minimum Gasteiger partial charge on any atom is -0.372 e. The predicted octanol–water partition coefficient (Wildman–Crippen LogP) is 2.46. The van der Waals surface area contributed by atoms with E-state index in [2.05, 4.69) is 17.4 Å². The maximum Gasteiger partial charge on any atom is 0.243 e. The van der Waals surface area contributed by atoms with Gasteiger partial charge in [0.2, 0.25) is 23.6 Å². The van der Waals surface area contributed by atoms with Crippen molar-refractivity contribution < 1.29 is 28.7 Å². The van der Waals surface area contributed by atoms with Crippen molar-refractivity contribution in [2.45, 2.75) is 89.5 Å². The van der Waals surface area contributed by atoms with Crippen LogP contribution in [0.1, 0.15) is 67.7 Å². The number of primary amides is 2. The molecule has 4 rings (SSSR count). The number of unbranched alkanes of at least 4 members (excludes halogenated alkanes) is 1. The Bertz CT molecular complexity index is 1260. The summed E-state index contributed by atoms with van der Waals surface area (Å²) in [6, 6.07) is 13.1. The molecule has 42 heavy (non-hydrogen) atoms. The fraction of sp³-hybridized carbons (Fsp3) is 0.500. The third-order valence-electron chi connectivity index (χ3n) is 7.96. The summed E-state index contributed by atoms with van der Waals surface area (Å²) < 4.78 is 11.3. The average molecular weight is 579 g/mol. The third kappa shape index (κ3) is 8.39. The normalized spacial score (nSPS) is 17.3. The fourth-order valence-electron chi connectivity index (χ4n) is 5.69. The number of benzene rings is 2. The van der Waals surface area contributed by atoms with E-state index in [1.165, 1.54) is 5.56 Å². The summed E-state index contributed by atoms with van der Waals surface area (Å²) in [6.07, 6.45) is 5.18. The lowest BCUT2D eigenvalue weighted by molar-refractivity contribution is -0.128. The number of ether oxygens (including phenoxy) is 2. The lowest BCUT2D eigenvalue weighted by Crippen LogP contribution is -2.53. The van der Waals surface area contributed by atoms with Crippen LogP contribution in [0.5, 0.6) is 0 Å². The maximum absolute atomic E-state index is 13.6. The first-order valence-corrected chi connectivity index (χ1v) is 14.8. The molecule has 0 aromatic heterocycles. The summed E-state index contributed by atoms with van der Waals surface area (Å²) in [5.41, 5.74) is 15.7. The van der Waals surface area contributed by atoms with E-state index in [9.17, 15) is 19.2 Å². The molecular weight excluding hydrogens is 536 g/mol. The van der Waals surface area contributed by atoms with Crippen LogP contribution in [0.3, 0.4) is 0 Å². The molecule has 10 heteroatoms. The van der Waals surface area contributed by atoms with Gasteiger partial charge in [-0.15, -0.1) is 0 Å². The standard InChI is InChI=1S/C32H42N4O6/c1-21(42-19-23-13-11-22(12-14-23)6-2-3-17-41-20-29(34)38)26(15-16-28(33)37)35-32(40)27-18-25-9-4-7-24-8-5-10-30(39)36(27)31(24)25/h4,7,9,11-14,21,26-27H,2-3,5-6,8,10,15-20H2,1H3,(H2,33,37)(H2,34,38)(H,35,40)/t21-,26+,27+/m1/s1. The van der Waals surface area contributed by atoms with Gasteiger partial charge in [0.15, 0.2) is 0 Å². The van der Waals surface area contributed by atoms with Crippen LogP contribution in [0.25, 0.3) is 0 Å². The van der Waals surface area contributed by atoms with Crippen molar-refractivity contribution in [1.82, 2.24) is 5.32 Å². The quantitative estimate of drug-likeness (QED) is 0.260. The highest BCUT2D eigenvalue weighted by Gasteiger charge is 2.41. The SMILES string of the molecule is C[C@@H](OCc1ccc(CCCCOCC(N)=O)cc1)[C@H](CCC(N)=O)NC(=O)[C@@H]1Cc2cccc3c2N1C(=O)CCC3. The van der Waals surface area contributed by atoms with Crippen molar-refractivity contribution in [3.8, 4) is 0 Å². The Kier molecular flexibility index (Phi) is 11.1. The minimum absolute atomic E-state index is 0.0308. The van der Waals surface area contributed by atoms with Gasteiger partial charge in [-0.1, -0.05) is 42.5 Å². The van der Waals surface area contributed by atoms with Crippen molar-refractivity contribution in [2.24, 2.45) is 11.5 Å². The van der Waals surface area contributed by atoms with Gasteiger partial charge in [0, 0.05) is 25.9 Å². The smallest absolute Gasteiger partial charge is 0.243 e. The van der Waals surface area contributed by atoms with Gasteiger partial charge in [-0.05, 0) is 67.7 Å². The van der Waals surface area contributed by atoms with Crippen molar-refractivity contribution in [1.29, 1.82) is 0 Å². The zero-order valence-electron chi connectivity index (χ0n) is 24.3. The molecule has 2 aliphatic rings. The number of para-hydroxylation sites is 1. The molecule has 0 spiro atoms. The summed E-state index contributed by atoms with van der Waals surface area (Å²) in [5.74, 6) is -1.19. The molecule has 2 aromatic carbocycles. The Morgan fingerprint density at radius 2 is 1.74 bits per heavy atom. The second-order valence-electron chi connectivity index (χ2n) is 11.2. The molecule has 0 radical (unpaired) electrons. The van der Waals surface area contributed by atoms with Gasteiger partial charge in [0.1, 0.15) is 12.6 Å². The van der Waals surface area contributed by atoms with Gasteiger partial charge in [0.05, 0.1) is 24.4 Å². The van der Waals surface area contributed by atoms with Gasteiger partial charge < -0.3 is 26.3 Å². The van der Waals surface area contributed by atoms with Crippen molar-refractivity contribution in [3.63, 3.8) is 0 Å². The lowest BCUT2D eigenvalue weighted by Gasteiger charge is -2.29. The van der Waals surface area contributed by atoms with E-state index in [0.29, 0.717) is 32.5 Å². The zero-order valence-corrected chi connectivity index (χ0v) is 24.3. The van der Waals surface area contributed by atoms with Crippen LogP contribution < -0.4 is 21.7 Å². The molecule has 2 heterocycles. The molecule has 10 nitrogen and oxygen atoms in total. The van der Waals surface area contributed by atoms with Gasteiger partial charge in [0.25, 0.3) is 0 Å². The maximum atomic E-state index is 13.6. The molecule has 0 saturated heterocycles. The van der Waals surface area contributed by atoms with Crippen LogP contribution in [0.15, 0.2) is 42.5 Å².